The predicted octanol–water partition coefficient (Wildman–Crippen LogP) is 3.55. The number of nitrogens with one attached hydrogen (secondary N) is 1. The Balaban J connectivity index is 1.55. The van der Waals surface area contributed by atoms with Gasteiger partial charge in [0.2, 0.25) is 5.91 Å². The summed E-state index contributed by atoms with van der Waals surface area (Å²) < 4.78 is 1.86. The Bertz CT molecular complexity index is 1480. The highest BCUT2D eigenvalue weighted by atomic mass is 16.4. The molecule has 0 bridgehead atoms. The number of carboxylic acid groups (broad SMARTS) is 1. The molecule has 0 unspecified atom stereocenters. The number of carboxylic acids is 1. The fourth-order valence-electron chi connectivity index (χ4n) is 4.68. The van der Waals surface area contributed by atoms with Crippen molar-refractivity contribution in [3.63, 3.8) is 0 Å². The zero-order valence-electron chi connectivity index (χ0n) is 20.2. The largest absolute Gasteiger partial charge is 0.481 e. The van der Waals surface area contributed by atoms with Crippen molar-refractivity contribution in [1.82, 2.24) is 24.7 Å². The number of aryl methyl sites for hydroxylation is 2. The number of benzene rings is 1. The molecule has 1 aliphatic rings. The number of hydrogen-bond acceptors (Lipinski definition) is 7. The Labute approximate surface area is 207 Å². The number of fused-ring (bicyclic) bond motifs is 2. The third-order valence-corrected chi connectivity index (χ3v) is 6.72. The van der Waals surface area contributed by atoms with Crippen molar-refractivity contribution >= 4 is 34.5 Å². The smallest absolute Gasteiger partial charge is 0.303 e. The topological polar surface area (TPSA) is 149 Å². The number of nitrogens with zero attached hydrogens (tertiary/aromatic N) is 5. The Morgan fingerprint density at radius 3 is 2.69 bits per heavy atom. The molecule has 0 saturated carbocycles. The van der Waals surface area contributed by atoms with E-state index in [1.165, 1.54) is 0 Å². The number of nitrogens with two attached hydrogens (primary N) is 1. The maximum absolute atomic E-state index is 13.2. The number of nitrogen functional groups attached to an aromatic ring is 1. The highest BCUT2D eigenvalue weighted by Gasteiger charge is 2.47. The van der Waals surface area contributed by atoms with Crippen LogP contribution in [0.2, 0.25) is 0 Å². The van der Waals surface area contributed by atoms with Crippen LogP contribution in [0.5, 0.6) is 0 Å². The van der Waals surface area contributed by atoms with Gasteiger partial charge in [-0.2, -0.15) is 5.10 Å². The van der Waals surface area contributed by atoms with E-state index in [2.05, 4.69) is 27.2 Å². The third-order valence-electron chi connectivity index (χ3n) is 6.72. The number of aromatic nitrogens is 5. The molecule has 5 rings (SSSR count). The van der Waals surface area contributed by atoms with Crippen molar-refractivity contribution in [2.75, 3.05) is 11.1 Å². The van der Waals surface area contributed by atoms with Crippen LogP contribution in [0.4, 0.5) is 11.6 Å². The van der Waals surface area contributed by atoms with Gasteiger partial charge in [-0.15, -0.1) is 0 Å². The summed E-state index contributed by atoms with van der Waals surface area (Å²) in [5.74, 6) is -0.220. The quantitative estimate of drug-likeness (QED) is 0.343. The first-order valence-electron chi connectivity index (χ1n) is 12.0. The van der Waals surface area contributed by atoms with Crippen LogP contribution in [-0.4, -0.2) is 41.7 Å². The van der Waals surface area contributed by atoms with E-state index in [9.17, 15) is 9.59 Å². The van der Waals surface area contributed by atoms with Gasteiger partial charge in [0.05, 0.1) is 10.9 Å². The minimum Gasteiger partial charge on any atom is -0.481 e. The van der Waals surface area contributed by atoms with E-state index >= 15 is 0 Å². The van der Waals surface area contributed by atoms with Gasteiger partial charge in [0, 0.05) is 19.2 Å². The van der Waals surface area contributed by atoms with Gasteiger partial charge in [-0.3, -0.25) is 9.59 Å². The number of rotatable bonds is 8. The van der Waals surface area contributed by atoms with E-state index in [0.29, 0.717) is 29.3 Å². The van der Waals surface area contributed by atoms with Crippen LogP contribution in [-0.2, 0) is 28.0 Å². The number of unbranched alkanes of at least 4 members (excludes halogenated alkanes) is 1. The zero-order chi connectivity index (χ0) is 25.4. The van der Waals surface area contributed by atoms with Crippen molar-refractivity contribution in [2.24, 2.45) is 0 Å². The van der Waals surface area contributed by atoms with Gasteiger partial charge in [-0.05, 0) is 43.0 Å². The highest BCUT2D eigenvalue weighted by Crippen LogP contribution is 2.45. The second-order valence-corrected chi connectivity index (χ2v) is 9.13. The second kappa shape index (κ2) is 9.03. The number of carbonyl (C=O) groups excluding carboxylic acids is 1. The number of amides is 1. The average Bonchev–Trinajstić information content (AvgIpc) is 3.37. The summed E-state index contributed by atoms with van der Waals surface area (Å²) in [7, 11) is 0. The molecule has 0 saturated heterocycles. The number of anilines is 2. The van der Waals surface area contributed by atoms with Crippen LogP contribution >= 0.6 is 0 Å². The molecule has 0 fully saturated rings. The second-order valence-electron chi connectivity index (χ2n) is 9.13. The first-order valence-corrected chi connectivity index (χ1v) is 12.0. The molecule has 10 heteroatoms. The number of carbonyl (C=O) groups is 2. The number of hydrogen-bond donors (Lipinski definition) is 3. The molecule has 0 spiro atoms. The van der Waals surface area contributed by atoms with Crippen LogP contribution in [0.3, 0.4) is 0 Å². The summed E-state index contributed by atoms with van der Waals surface area (Å²) in [5, 5.41) is 17.4. The monoisotopic (exact) mass is 485 g/mol. The molecule has 1 aliphatic heterocycles. The maximum Gasteiger partial charge on any atom is 0.303 e. The lowest BCUT2D eigenvalue weighted by molar-refractivity contribution is -0.137. The normalized spacial score (nSPS) is 16.8. The molecule has 1 amide bonds. The molecule has 4 N–H and O–H groups in total. The average molecular weight is 486 g/mol. The highest BCUT2D eigenvalue weighted by molar-refractivity contribution is 6.09. The first kappa shape index (κ1) is 23.4. The molecule has 3 aromatic heterocycles. The molecular weight excluding hydrogens is 458 g/mol. The lowest BCUT2D eigenvalue weighted by Gasteiger charge is -2.23. The Kier molecular flexibility index (Phi) is 5.87. The van der Waals surface area contributed by atoms with Gasteiger partial charge in [-0.1, -0.05) is 37.6 Å². The van der Waals surface area contributed by atoms with Crippen LogP contribution in [0.1, 0.15) is 49.8 Å². The first-order chi connectivity index (χ1) is 17.3. The fraction of sp³-hybridized carbons (Fsp3) is 0.308. The van der Waals surface area contributed by atoms with E-state index in [-0.39, 0.29) is 18.1 Å². The molecule has 36 heavy (non-hydrogen) atoms. The van der Waals surface area contributed by atoms with Crippen molar-refractivity contribution in [1.29, 1.82) is 0 Å². The molecule has 1 aromatic carbocycles. The SMILES string of the molecule is CCCCn1nc(-c2nc(N)c3c(n2)NC(=O)[C@]3(C)c2ccc(CCC(=O)O)cc2)c2cccnc21. The van der Waals surface area contributed by atoms with Crippen LogP contribution in [0, 0.1) is 0 Å². The molecular formula is C26H27N7O3. The molecule has 4 aromatic rings. The number of pyridine rings is 1. The summed E-state index contributed by atoms with van der Waals surface area (Å²) in [4.78, 5) is 37.9. The summed E-state index contributed by atoms with van der Waals surface area (Å²) in [5.41, 5.74) is 8.81. The third kappa shape index (κ3) is 3.84. The standard InChI is InChI=1S/C26H27N7O3/c1-3-4-14-33-24-17(6-5-13-28-24)20(32-33)23-29-21(27)19-22(30-23)31-25(36)26(19,2)16-10-7-15(8-11-16)9-12-18(34)35/h5-8,10-11,13H,3-4,9,12,14H2,1-2H3,(H,34,35)(H3,27,29,30,31,36)/t26-/m1/s1. The summed E-state index contributed by atoms with van der Waals surface area (Å²) in [6.07, 6.45) is 4.17. The predicted molar refractivity (Wildman–Crippen MR) is 135 cm³/mol. The van der Waals surface area contributed by atoms with E-state index in [4.69, 9.17) is 15.9 Å². The fourth-order valence-corrected chi connectivity index (χ4v) is 4.68. The van der Waals surface area contributed by atoms with Crippen molar-refractivity contribution in [2.45, 2.75) is 51.5 Å². The molecule has 4 heterocycles. The minimum absolute atomic E-state index is 0.0436. The Hall–Kier alpha value is -4.34. The molecule has 10 nitrogen and oxygen atoms in total. The van der Waals surface area contributed by atoms with Gasteiger partial charge in [0.1, 0.15) is 22.7 Å². The summed E-state index contributed by atoms with van der Waals surface area (Å²) in [6, 6.07) is 11.1. The number of aliphatic carboxylic acids is 1. The molecule has 1 atom stereocenters. The Morgan fingerprint density at radius 2 is 1.97 bits per heavy atom. The van der Waals surface area contributed by atoms with Gasteiger partial charge < -0.3 is 16.2 Å². The zero-order valence-corrected chi connectivity index (χ0v) is 20.2. The molecule has 184 valence electrons. The van der Waals surface area contributed by atoms with Crippen molar-refractivity contribution in [3.8, 4) is 11.5 Å². The summed E-state index contributed by atoms with van der Waals surface area (Å²) >= 11 is 0. The van der Waals surface area contributed by atoms with E-state index in [0.717, 1.165) is 41.5 Å². The lowest BCUT2D eigenvalue weighted by atomic mass is 9.77. The van der Waals surface area contributed by atoms with E-state index < -0.39 is 11.4 Å². The maximum atomic E-state index is 13.2. The van der Waals surface area contributed by atoms with E-state index in [1.807, 2.05) is 41.1 Å². The molecule has 0 aliphatic carbocycles. The molecule has 0 radical (unpaired) electrons. The van der Waals surface area contributed by atoms with Gasteiger partial charge in [0.25, 0.3) is 0 Å². The minimum atomic E-state index is -1.09. The summed E-state index contributed by atoms with van der Waals surface area (Å²) in [6.45, 7) is 4.63. The van der Waals surface area contributed by atoms with Crippen molar-refractivity contribution < 1.29 is 14.7 Å². The Morgan fingerprint density at radius 1 is 1.19 bits per heavy atom. The van der Waals surface area contributed by atoms with Crippen molar-refractivity contribution in [3.05, 3.63) is 59.3 Å². The van der Waals surface area contributed by atoms with Gasteiger partial charge >= 0.3 is 5.97 Å². The van der Waals surface area contributed by atoms with E-state index in [1.54, 1.807) is 13.1 Å². The van der Waals surface area contributed by atoms with Gasteiger partial charge in [0.15, 0.2) is 11.5 Å². The van der Waals surface area contributed by atoms with Crippen LogP contribution in [0.15, 0.2) is 42.6 Å². The lowest BCUT2D eigenvalue weighted by Crippen LogP contribution is -2.33. The van der Waals surface area contributed by atoms with Crippen LogP contribution < -0.4 is 11.1 Å². The van der Waals surface area contributed by atoms with Crippen LogP contribution in [0.25, 0.3) is 22.6 Å². The van der Waals surface area contributed by atoms with Gasteiger partial charge in [-0.25, -0.2) is 19.6 Å².